The van der Waals surface area contributed by atoms with Crippen molar-refractivity contribution in [2.24, 2.45) is 0 Å². The SMILES string of the molecule is COC(=O)C(C)(C)Oc1c(C)c(C)c(OCCc2nc(-c3ccccc3)oc2C)c(C)c1C.Cc1c(C)c(C)c(C)c(C)c1C. The number of rotatable bonds is 8. The molecule has 0 saturated carbocycles. The van der Waals surface area contributed by atoms with Gasteiger partial charge in [-0.1, -0.05) is 18.2 Å². The van der Waals surface area contributed by atoms with Crippen molar-refractivity contribution in [3.63, 3.8) is 0 Å². The van der Waals surface area contributed by atoms with E-state index in [1.165, 1.54) is 40.5 Å². The lowest BCUT2D eigenvalue weighted by Crippen LogP contribution is -2.39. The van der Waals surface area contributed by atoms with Gasteiger partial charge < -0.3 is 18.6 Å². The first-order valence-electron chi connectivity index (χ1n) is 15.6. The lowest BCUT2D eigenvalue weighted by atomic mass is 9.90. The zero-order valence-electron chi connectivity index (χ0n) is 29.8. The fourth-order valence-corrected chi connectivity index (χ4v) is 5.46. The van der Waals surface area contributed by atoms with Gasteiger partial charge in [0.15, 0.2) is 5.60 Å². The van der Waals surface area contributed by atoms with Crippen LogP contribution in [0.25, 0.3) is 11.5 Å². The van der Waals surface area contributed by atoms with Crippen LogP contribution in [0, 0.1) is 76.2 Å². The number of carbonyl (C=O) groups is 1. The van der Waals surface area contributed by atoms with Crippen molar-refractivity contribution in [3.05, 3.63) is 97.4 Å². The fourth-order valence-electron chi connectivity index (χ4n) is 5.46. The standard InChI is InChI=1S/C27H33NO5.C12H18/c1-16-18(3)24(33-27(6,7)26(29)30-8)19(4)17(2)23(16)31-15-14-22-20(5)32-25(28-22)21-12-10-9-11-13-21;1-7-8(2)10(4)12(6)11(5)9(7)3/h9-13H,14-15H2,1-8H3;1-6H3. The maximum atomic E-state index is 12.1. The molecule has 0 spiro atoms. The van der Waals surface area contributed by atoms with Gasteiger partial charge in [0, 0.05) is 12.0 Å². The smallest absolute Gasteiger partial charge is 0.349 e. The first-order valence-corrected chi connectivity index (χ1v) is 15.6. The summed E-state index contributed by atoms with van der Waals surface area (Å²) in [5, 5.41) is 0. The first-order chi connectivity index (χ1) is 21.0. The van der Waals surface area contributed by atoms with E-state index in [0.29, 0.717) is 24.7 Å². The molecule has 0 aliphatic carbocycles. The molecule has 0 aliphatic heterocycles. The summed E-state index contributed by atoms with van der Waals surface area (Å²) in [6, 6.07) is 9.86. The molecule has 3 aromatic carbocycles. The number of hydrogen-bond acceptors (Lipinski definition) is 6. The zero-order valence-corrected chi connectivity index (χ0v) is 29.8. The van der Waals surface area contributed by atoms with E-state index < -0.39 is 11.6 Å². The van der Waals surface area contributed by atoms with Crippen molar-refractivity contribution < 1.29 is 23.4 Å². The summed E-state index contributed by atoms with van der Waals surface area (Å²) >= 11 is 0. The Labute approximate surface area is 270 Å². The molecular formula is C39H51NO5. The van der Waals surface area contributed by atoms with Crippen LogP contribution in [0.2, 0.25) is 0 Å². The van der Waals surface area contributed by atoms with E-state index in [9.17, 15) is 4.79 Å². The van der Waals surface area contributed by atoms with Crippen LogP contribution < -0.4 is 9.47 Å². The molecule has 0 fully saturated rings. The molecule has 0 atom stereocenters. The van der Waals surface area contributed by atoms with E-state index in [1.807, 2.05) is 65.0 Å². The highest BCUT2D eigenvalue weighted by atomic mass is 16.6. The number of benzene rings is 3. The molecule has 4 aromatic rings. The Morgan fingerprint density at radius 1 is 0.689 bits per heavy atom. The van der Waals surface area contributed by atoms with Crippen LogP contribution in [0.1, 0.15) is 80.9 Å². The molecule has 6 heteroatoms. The largest absolute Gasteiger partial charge is 0.493 e. The number of hydrogen-bond donors (Lipinski definition) is 0. The van der Waals surface area contributed by atoms with Gasteiger partial charge in [-0.3, -0.25) is 0 Å². The average molecular weight is 614 g/mol. The number of ether oxygens (including phenoxy) is 3. The molecule has 1 heterocycles. The van der Waals surface area contributed by atoms with Gasteiger partial charge in [0.05, 0.1) is 19.4 Å². The van der Waals surface area contributed by atoms with Gasteiger partial charge in [-0.05, 0) is 158 Å². The van der Waals surface area contributed by atoms with E-state index in [-0.39, 0.29) is 0 Å². The van der Waals surface area contributed by atoms with Crippen LogP contribution in [-0.2, 0) is 16.0 Å². The third kappa shape index (κ3) is 7.61. The molecule has 0 aliphatic rings. The second kappa shape index (κ2) is 14.4. The predicted octanol–water partition coefficient (Wildman–Crippen LogP) is 9.37. The number of aryl methyl sites for hydroxylation is 1. The molecule has 6 nitrogen and oxygen atoms in total. The van der Waals surface area contributed by atoms with Crippen molar-refractivity contribution in [2.75, 3.05) is 13.7 Å². The summed E-state index contributed by atoms with van der Waals surface area (Å²) in [5.74, 6) is 2.52. The second-order valence-electron chi connectivity index (χ2n) is 12.5. The molecule has 0 amide bonds. The minimum absolute atomic E-state index is 0.421. The lowest BCUT2D eigenvalue weighted by Gasteiger charge is -2.28. The van der Waals surface area contributed by atoms with Crippen molar-refractivity contribution in [1.82, 2.24) is 4.98 Å². The number of methoxy groups -OCH3 is 1. The quantitative estimate of drug-likeness (QED) is 0.184. The monoisotopic (exact) mass is 613 g/mol. The normalized spacial score (nSPS) is 11.2. The number of nitrogens with zero attached hydrogens (tertiary/aromatic N) is 1. The molecule has 0 unspecified atom stereocenters. The van der Waals surface area contributed by atoms with Gasteiger partial charge in [0.1, 0.15) is 17.3 Å². The number of aromatic nitrogens is 1. The van der Waals surface area contributed by atoms with Crippen LogP contribution in [0.5, 0.6) is 11.5 Å². The lowest BCUT2D eigenvalue weighted by molar-refractivity contribution is -0.156. The van der Waals surface area contributed by atoms with Gasteiger partial charge in [-0.2, -0.15) is 0 Å². The molecule has 0 radical (unpaired) electrons. The van der Waals surface area contributed by atoms with Crippen molar-refractivity contribution >= 4 is 5.97 Å². The van der Waals surface area contributed by atoms with Crippen LogP contribution in [-0.4, -0.2) is 30.3 Å². The topological polar surface area (TPSA) is 70.8 Å². The van der Waals surface area contributed by atoms with Gasteiger partial charge in [-0.15, -0.1) is 0 Å². The number of oxazole rings is 1. The van der Waals surface area contributed by atoms with Crippen LogP contribution in [0.4, 0.5) is 0 Å². The molecular weight excluding hydrogens is 562 g/mol. The summed E-state index contributed by atoms with van der Waals surface area (Å²) in [7, 11) is 1.36. The molecule has 45 heavy (non-hydrogen) atoms. The fraction of sp³-hybridized carbons (Fsp3) is 0.436. The first kappa shape index (κ1) is 35.4. The van der Waals surface area contributed by atoms with Gasteiger partial charge in [-0.25, -0.2) is 9.78 Å². The van der Waals surface area contributed by atoms with E-state index in [2.05, 4.69) is 46.5 Å². The van der Waals surface area contributed by atoms with Crippen molar-refractivity contribution in [2.45, 2.75) is 102 Å². The highest BCUT2D eigenvalue weighted by molar-refractivity contribution is 5.79. The number of esters is 1. The highest BCUT2D eigenvalue weighted by Crippen LogP contribution is 2.39. The summed E-state index contributed by atoms with van der Waals surface area (Å²) in [4.78, 5) is 16.8. The molecule has 242 valence electrons. The summed E-state index contributed by atoms with van der Waals surface area (Å²) in [6.07, 6.45) is 0.632. The van der Waals surface area contributed by atoms with Crippen molar-refractivity contribution in [3.8, 4) is 23.0 Å². The third-order valence-corrected chi connectivity index (χ3v) is 9.40. The van der Waals surface area contributed by atoms with Gasteiger partial charge in [0.25, 0.3) is 0 Å². The highest BCUT2D eigenvalue weighted by Gasteiger charge is 2.33. The Hall–Kier alpha value is -4.06. The Kier molecular flexibility index (Phi) is 11.3. The van der Waals surface area contributed by atoms with Gasteiger partial charge in [0.2, 0.25) is 5.89 Å². The average Bonchev–Trinajstić information content (AvgIpc) is 3.41. The van der Waals surface area contributed by atoms with Gasteiger partial charge >= 0.3 is 5.97 Å². The Morgan fingerprint density at radius 2 is 1.13 bits per heavy atom. The summed E-state index contributed by atoms with van der Waals surface area (Å²) < 4.78 is 23.1. The van der Waals surface area contributed by atoms with E-state index >= 15 is 0 Å². The van der Waals surface area contributed by atoms with Crippen molar-refractivity contribution in [1.29, 1.82) is 0 Å². The Bertz CT molecular complexity index is 1540. The summed E-state index contributed by atoms with van der Waals surface area (Å²) in [5.41, 5.74) is 13.3. The molecule has 1 aromatic heterocycles. The Morgan fingerprint density at radius 3 is 1.58 bits per heavy atom. The molecule has 0 bridgehead atoms. The second-order valence-corrected chi connectivity index (χ2v) is 12.5. The third-order valence-electron chi connectivity index (χ3n) is 9.40. The van der Waals surface area contributed by atoms with E-state index in [1.54, 1.807) is 13.8 Å². The molecule has 0 saturated heterocycles. The maximum absolute atomic E-state index is 12.1. The maximum Gasteiger partial charge on any atom is 0.349 e. The molecule has 4 rings (SSSR count). The van der Waals surface area contributed by atoms with Crippen LogP contribution in [0.15, 0.2) is 34.7 Å². The predicted molar refractivity (Wildman–Crippen MR) is 183 cm³/mol. The van der Waals surface area contributed by atoms with E-state index in [0.717, 1.165) is 45.0 Å². The summed E-state index contributed by atoms with van der Waals surface area (Å²) in [6.45, 7) is 27.0. The minimum atomic E-state index is -1.09. The number of carbonyl (C=O) groups excluding carboxylic acids is 1. The van der Waals surface area contributed by atoms with Crippen LogP contribution >= 0.6 is 0 Å². The van der Waals surface area contributed by atoms with Crippen LogP contribution in [0.3, 0.4) is 0 Å². The molecule has 0 N–H and O–H groups in total. The minimum Gasteiger partial charge on any atom is -0.493 e. The Balaban J connectivity index is 0.000000385. The zero-order chi connectivity index (χ0) is 33.8. The van der Waals surface area contributed by atoms with E-state index in [4.69, 9.17) is 18.6 Å².